The van der Waals surface area contributed by atoms with Gasteiger partial charge in [0.05, 0.1) is 23.8 Å². The summed E-state index contributed by atoms with van der Waals surface area (Å²) in [7, 11) is 0. The molecule has 5 aromatic rings. The van der Waals surface area contributed by atoms with Gasteiger partial charge < -0.3 is 15.2 Å². The van der Waals surface area contributed by atoms with Crippen molar-refractivity contribution in [3.63, 3.8) is 0 Å². The van der Waals surface area contributed by atoms with Gasteiger partial charge in [-0.25, -0.2) is 4.79 Å². The molecule has 0 fully saturated rings. The number of carboxylic acid groups (broad SMARTS) is 1. The van der Waals surface area contributed by atoms with Crippen LogP contribution in [0.15, 0.2) is 91.3 Å². The number of nitrogens with one attached hydrogen (secondary N) is 2. The number of benzene rings is 3. The van der Waals surface area contributed by atoms with Crippen LogP contribution in [0, 0.1) is 0 Å². The Kier molecular flexibility index (Phi) is 10.8. The molecule has 0 aliphatic heterocycles. The summed E-state index contributed by atoms with van der Waals surface area (Å²) in [6, 6.07) is 22.6. The van der Waals surface area contributed by atoms with E-state index in [9.17, 15) is 14.4 Å². The minimum absolute atomic E-state index is 0.142. The molecule has 0 saturated carbocycles. The van der Waals surface area contributed by atoms with E-state index in [1.807, 2.05) is 30.3 Å². The Balaban J connectivity index is 1.36. The van der Waals surface area contributed by atoms with E-state index in [-0.39, 0.29) is 18.2 Å². The van der Waals surface area contributed by atoms with Gasteiger partial charge in [-0.3, -0.25) is 14.9 Å². The Morgan fingerprint density at radius 3 is 2.49 bits per heavy atom. The topological polar surface area (TPSA) is 174 Å². The van der Waals surface area contributed by atoms with E-state index in [1.54, 1.807) is 54.6 Å². The number of aromatic nitrogens is 6. The van der Waals surface area contributed by atoms with Gasteiger partial charge in [0.1, 0.15) is 12.9 Å². The zero-order valence-electron chi connectivity index (χ0n) is 24.5. The van der Waals surface area contributed by atoms with Crippen molar-refractivity contribution >= 4 is 52.9 Å². The zero-order valence-corrected chi connectivity index (χ0v) is 26.0. The largest absolute Gasteiger partial charge is 0.481 e. The van der Waals surface area contributed by atoms with Crippen molar-refractivity contribution in [3.05, 3.63) is 118 Å². The highest BCUT2D eigenvalue weighted by atomic mass is 35.5. The van der Waals surface area contributed by atoms with Gasteiger partial charge in [0.15, 0.2) is 5.15 Å². The van der Waals surface area contributed by atoms with Crippen LogP contribution < -0.4 is 10.6 Å². The van der Waals surface area contributed by atoms with Gasteiger partial charge in [0.2, 0.25) is 5.91 Å². The van der Waals surface area contributed by atoms with E-state index < -0.39 is 24.0 Å². The lowest BCUT2D eigenvalue weighted by Gasteiger charge is -2.18. The molecule has 13 nitrogen and oxygen atoms in total. The van der Waals surface area contributed by atoms with Crippen LogP contribution in [-0.4, -0.2) is 60.1 Å². The van der Waals surface area contributed by atoms with Crippen molar-refractivity contribution in [1.82, 2.24) is 35.7 Å². The second kappa shape index (κ2) is 15.6. The van der Waals surface area contributed by atoms with Crippen LogP contribution in [0.1, 0.15) is 29.3 Å². The van der Waals surface area contributed by atoms with Crippen LogP contribution in [0.2, 0.25) is 10.2 Å². The molecule has 5 rings (SSSR count). The van der Waals surface area contributed by atoms with E-state index in [4.69, 9.17) is 33.0 Å². The van der Waals surface area contributed by atoms with Crippen molar-refractivity contribution in [1.29, 1.82) is 0 Å². The van der Waals surface area contributed by atoms with Crippen LogP contribution in [0.3, 0.4) is 0 Å². The average molecular weight is 674 g/mol. The first-order valence-electron chi connectivity index (χ1n) is 14.1. The predicted molar refractivity (Wildman–Crippen MR) is 174 cm³/mol. The summed E-state index contributed by atoms with van der Waals surface area (Å²) < 4.78 is 6.33. The van der Waals surface area contributed by atoms with Gasteiger partial charge in [0, 0.05) is 27.9 Å². The van der Waals surface area contributed by atoms with Gasteiger partial charge in [-0.1, -0.05) is 65.7 Å². The van der Waals surface area contributed by atoms with E-state index in [0.29, 0.717) is 45.2 Å². The number of hydrogen-bond donors (Lipinski definition) is 3. The molecule has 15 heteroatoms. The number of nitrogens with zero attached hydrogens (tertiary/aromatic N) is 6. The van der Waals surface area contributed by atoms with Crippen LogP contribution in [0.4, 0.5) is 10.5 Å². The molecule has 0 bridgehead atoms. The Morgan fingerprint density at radius 1 is 0.979 bits per heavy atom. The number of amides is 2. The highest BCUT2D eigenvalue weighted by Crippen LogP contribution is 2.30. The average Bonchev–Trinajstić information content (AvgIpc) is 3.60. The van der Waals surface area contributed by atoms with E-state index >= 15 is 0 Å². The van der Waals surface area contributed by atoms with Gasteiger partial charge in [0.25, 0.3) is 0 Å². The van der Waals surface area contributed by atoms with Crippen molar-refractivity contribution in [3.8, 4) is 16.8 Å². The number of aliphatic carboxylic acids is 1. The Bertz CT molecular complexity index is 1890. The van der Waals surface area contributed by atoms with Gasteiger partial charge in [-0.2, -0.15) is 9.78 Å². The standard InChI is InChI=1S/C32H26Cl2N8O5/c33-23-9-12-28(42-19-35-40-41-42)22(17-23)8-13-29(43)37-26(16-20-4-2-1-3-5-20)27-18-25(31(34)39-38-27)21-6-10-24(11-7-21)36-32(46)47-15-14-30(44)45/h1-13,17-19,26H,14-16H2,(H,36,46)(H,37,43)(H,44,45)/t26-/m0/s1. The van der Waals surface area contributed by atoms with Crippen LogP contribution in [0.5, 0.6) is 0 Å². The van der Waals surface area contributed by atoms with Crippen molar-refractivity contribution in [2.75, 3.05) is 11.9 Å². The third kappa shape index (κ3) is 9.19. The maximum atomic E-state index is 13.3. The minimum Gasteiger partial charge on any atom is -0.481 e. The third-order valence-corrected chi connectivity index (χ3v) is 7.23. The molecule has 3 N–H and O–H groups in total. The summed E-state index contributed by atoms with van der Waals surface area (Å²) in [5.41, 5.74) is 4.35. The molecule has 238 valence electrons. The lowest BCUT2D eigenvalue weighted by atomic mass is 10.00. The number of ether oxygens (including phenoxy) is 1. The lowest BCUT2D eigenvalue weighted by Crippen LogP contribution is -2.29. The first-order chi connectivity index (χ1) is 22.7. The molecule has 3 aromatic carbocycles. The minimum atomic E-state index is -1.07. The molecule has 0 unspecified atom stereocenters. The number of rotatable bonds is 12. The van der Waals surface area contributed by atoms with Crippen LogP contribution in [-0.2, 0) is 20.7 Å². The quantitative estimate of drug-likeness (QED) is 0.142. The van der Waals surface area contributed by atoms with Crippen molar-refractivity contribution < 1.29 is 24.2 Å². The first kappa shape index (κ1) is 32.7. The Hall–Kier alpha value is -5.66. The maximum absolute atomic E-state index is 13.3. The number of anilines is 1. The highest BCUT2D eigenvalue weighted by Gasteiger charge is 2.19. The van der Waals surface area contributed by atoms with E-state index in [1.165, 1.54) is 17.1 Å². The fraction of sp³-hybridized carbons (Fsp3) is 0.125. The number of tetrazole rings is 1. The summed E-state index contributed by atoms with van der Waals surface area (Å²) in [4.78, 5) is 35.9. The predicted octanol–water partition coefficient (Wildman–Crippen LogP) is 5.56. The van der Waals surface area contributed by atoms with Gasteiger partial charge >= 0.3 is 12.1 Å². The second-order valence-corrected chi connectivity index (χ2v) is 10.8. The molecule has 47 heavy (non-hydrogen) atoms. The van der Waals surface area contributed by atoms with Gasteiger partial charge in [-0.05, 0) is 70.4 Å². The fourth-order valence-corrected chi connectivity index (χ4v) is 4.87. The lowest BCUT2D eigenvalue weighted by molar-refractivity contribution is -0.137. The normalized spacial score (nSPS) is 11.6. The van der Waals surface area contributed by atoms with E-state index in [0.717, 1.165) is 5.56 Å². The molecule has 0 spiro atoms. The molecule has 0 aliphatic carbocycles. The number of carbonyl (C=O) groups excluding carboxylic acids is 2. The molecular formula is C32H26Cl2N8O5. The van der Waals surface area contributed by atoms with Crippen LogP contribution in [0.25, 0.3) is 22.9 Å². The first-order valence-corrected chi connectivity index (χ1v) is 14.9. The number of hydrogen-bond acceptors (Lipinski definition) is 9. The molecule has 0 saturated heterocycles. The molecule has 1 atom stereocenters. The number of carbonyl (C=O) groups is 3. The highest BCUT2D eigenvalue weighted by molar-refractivity contribution is 6.32. The van der Waals surface area contributed by atoms with E-state index in [2.05, 4.69) is 36.4 Å². The molecule has 2 aromatic heterocycles. The Morgan fingerprint density at radius 2 is 1.77 bits per heavy atom. The third-order valence-electron chi connectivity index (χ3n) is 6.71. The smallest absolute Gasteiger partial charge is 0.411 e. The molecular weight excluding hydrogens is 647 g/mol. The molecule has 0 aliphatic rings. The summed E-state index contributed by atoms with van der Waals surface area (Å²) >= 11 is 12.7. The molecule has 2 amide bonds. The van der Waals surface area contributed by atoms with Crippen molar-refractivity contribution in [2.45, 2.75) is 18.9 Å². The number of halogens is 2. The zero-order chi connectivity index (χ0) is 33.2. The monoisotopic (exact) mass is 672 g/mol. The van der Waals surface area contributed by atoms with Crippen molar-refractivity contribution in [2.24, 2.45) is 0 Å². The number of carboxylic acids is 1. The summed E-state index contributed by atoms with van der Waals surface area (Å²) in [6.45, 7) is -0.251. The molecule has 0 radical (unpaired) electrons. The molecule has 2 heterocycles. The summed E-state index contributed by atoms with van der Waals surface area (Å²) in [6.07, 6.45) is 3.79. The fourth-order valence-electron chi connectivity index (χ4n) is 4.49. The Labute approximate surface area is 278 Å². The second-order valence-electron chi connectivity index (χ2n) is 10.00. The van der Waals surface area contributed by atoms with Crippen LogP contribution >= 0.6 is 23.2 Å². The summed E-state index contributed by atoms with van der Waals surface area (Å²) in [5.74, 6) is -1.46. The van der Waals surface area contributed by atoms with Gasteiger partial charge in [-0.15, -0.1) is 10.2 Å². The SMILES string of the molecule is O=C(O)CCOC(=O)Nc1ccc(-c2cc([C@H](Cc3ccccc3)NC(=O)C=Cc3cc(Cl)ccc3-n3cnnn3)nnc2Cl)cc1. The maximum Gasteiger partial charge on any atom is 0.411 e. The summed E-state index contributed by atoms with van der Waals surface area (Å²) in [5, 5.41) is 34.6.